The summed E-state index contributed by atoms with van der Waals surface area (Å²) in [5.74, 6) is 11.1. The van der Waals surface area contributed by atoms with E-state index in [0.717, 1.165) is 0 Å². The van der Waals surface area contributed by atoms with Crippen molar-refractivity contribution in [3.8, 4) is 6.07 Å². The Morgan fingerprint density at radius 2 is 2.13 bits per heavy atom. The van der Waals surface area contributed by atoms with E-state index in [-0.39, 0.29) is 11.3 Å². The third kappa shape index (κ3) is 5.82. The molecule has 8 nitrogen and oxygen atoms in total. The molecule has 0 bridgehead atoms. The molecule has 9 heteroatoms. The number of amides is 2. The number of hydrazine groups is 1. The van der Waals surface area contributed by atoms with Crippen molar-refractivity contribution in [2.24, 2.45) is 21.8 Å². The van der Waals surface area contributed by atoms with Crippen LogP contribution >= 0.6 is 11.8 Å². The van der Waals surface area contributed by atoms with Crippen LogP contribution in [0.3, 0.4) is 0 Å². The number of amidine groups is 1. The van der Waals surface area contributed by atoms with Crippen molar-refractivity contribution in [3.05, 3.63) is 46.9 Å². The van der Waals surface area contributed by atoms with Crippen molar-refractivity contribution in [2.45, 2.75) is 0 Å². The molecule has 0 fully saturated rings. The van der Waals surface area contributed by atoms with Crippen LogP contribution < -0.4 is 22.4 Å². The number of hydrazone groups is 1. The van der Waals surface area contributed by atoms with Crippen molar-refractivity contribution in [2.75, 3.05) is 12.8 Å². The number of nitrogens with zero attached hydrogens (tertiary/aromatic N) is 3. The van der Waals surface area contributed by atoms with Crippen LogP contribution in [0.1, 0.15) is 5.56 Å². The van der Waals surface area contributed by atoms with Gasteiger partial charge in [-0.3, -0.25) is 0 Å². The monoisotopic (exact) mass is 331 g/mol. The lowest BCUT2D eigenvalue weighted by molar-refractivity contribution is 0.251. The Morgan fingerprint density at radius 1 is 1.43 bits per heavy atom. The molecule has 0 aliphatic carbocycles. The maximum Gasteiger partial charge on any atom is 0.341 e. The van der Waals surface area contributed by atoms with Crippen molar-refractivity contribution < 1.29 is 4.79 Å². The summed E-state index contributed by atoms with van der Waals surface area (Å²) >= 11 is 1.25. The highest BCUT2D eigenvalue weighted by atomic mass is 32.2. The highest BCUT2D eigenvalue weighted by Gasteiger charge is 2.12. The number of nitrogens with two attached hydrogens (primary N) is 2. The Hall–Kier alpha value is -2.83. The van der Waals surface area contributed by atoms with Gasteiger partial charge in [-0.2, -0.15) is 15.4 Å². The molecular weight excluding hydrogens is 314 g/mol. The zero-order valence-corrected chi connectivity index (χ0v) is 13.3. The first kappa shape index (κ1) is 18.2. The fraction of sp³-hybridized carbons (Fsp3) is 0.143. The number of thioether (sulfide) groups is 1. The van der Waals surface area contributed by atoms with E-state index < -0.39 is 6.03 Å². The Kier molecular flexibility index (Phi) is 7.91. The summed E-state index contributed by atoms with van der Waals surface area (Å²) in [6.07, 6.45) is 0. The Bertz CT molecular complexity index is 661. The molecule has 1 aromatic carbocycles. The van der Waals surface area contributed by atoms with Crippen LogP contribution in [-0.4, -0.2) is 30.4 Å². The van der Waals surface area contributed by atoms with Crippen LogP contribution in [0.2, 0.25) is 0 Å². The second-order valence-electron chi connectivity index (χ2n) is 4.06. The average Bonchev–Trinajstić information content (AvgIpc) is 2.61. The quantitative estimate of drug-likeness (QED) is 0.206. The molecule has 1 rings (SSSR count). The van der Waals surface area contributed by atoms with E-state index in [0.29, 0.717) is 17.2 Å². The Morgan fingerprint density at radius 3 is 2.65 bits per heavy atom. The number of carbonyl (C=O) groups excluding carboxylic acids is 1. The van der Waals surface area contributed by atoms with Crippen LogP contribution in [0.25, 0.3) is 0 Å². The van der Waals surface area contributed by atoms with Crippen molar-refractivity contribution >= 4 is 29.3 Å². The highest BCUT2D eigenvalue weighted by Crippen LogP contribution is 2.14. The lowest BCUT2D eigenvalue weighted by Gasteiger charge is -2.06. The van der Waals surface area contributed by atoms with Gasteiger partial charge in [0.1, 0.15) is 11.9 Å². The summed E-state index contributed by atoms with van der Waals surface area (Å²) in [7, 11) is 1.47. The van der Waals surface area contributed by atoms with Crippen LogP contribution in [0.4, 0.5) is 4.79 Å². The SMILES string of the molecule is CNC(=O)/N=C(\C(C#N)=C\SC/C(=N/N)NN)c1ccccc1. The van der Waals surface area contributed by atoms with Gasteiger partial charge >= 0.3 is 6.03 Å². The molecule has 1 aromatic rings. The molecule has 0 atom stereocenters. The first-order valence-electron chi connectivity index (χ1n) is 6.47. The molecule has 0 aromatic heterocycles. The summed E-state index contributed by atoms with van der Waals surface area (Å²) in [5, 5.41) is 16.8. The van der Waals surface area contributed by atoms with Gasteiger partial charge in [-0.15, -0.1) is 11.8 Å². The van der Waals surface area contributed by atoms with Crippen molar-refractivity contribution in [3.63, 3.8) is 0 Å². The van der Waals surface area contributed by atoms with E-state index in [1.54, 1.807) is 29.7 Å². The van der Waals surface area contributed by atoms with E-state index in [1.807, 2.05) is 12.1 Å². The maximum atomic E-state index is 11.6. The number of benzene rings is 1. The largest absolute Gasteiger partial charge is 0.341 e. The lowest BCUT2D eigenvalue weighted by Crippen LogP contribution is -2.32. The number of rotatable bonds is 5. The van der Waals surface area contributed by atoms with Gasteiger partial charge in [0.15, 0.2) is 0 Å². The Labute approximate surface area is 138 Å². The van der Waals surface area contributed by atoms with Crippen LogP contribution in [0.15, 0.2) is 51.4 Å². The van der Waals surface area contributed by atoms with Gasteiger partial charge in [0, 0.05) is 12.6 Å². The minimum atomic E-state index is -0.539. The first-order valence-corrected chi connectivity index (χ1v) is 7.52. The van der Waals surface area contributed by atoms with E-state index in [4.69, 9.17) is 11.7 Å². The highest BCUT2D eigenvalue weighted by molar-refractivity contribution is 8.02. The molecule has 0 aliphatic rings. The van der Waals surface area contributed by atoms with Crippen LogP contribution in [0.5, 0.6) is 0 Å². The first-order chi connectivity index (χ1) is 11.2. The fourth-order valence-electron chi connectivity index (χ4n) is 1.49. The summed E-state index contributed by atoms with van der Waals surface area (Å²) in [6, 6.07) is 10.5. The van der Waals surface area contributed by atoms with Gasteiger partial charge < -0.3 is 16.6 Å². The zero-order chi connectivity index (χ0) is 17.1. The topological polar surface area (TPSA) is 142 Å². The predicted molar refractivity (Wildman–Crippen MR) is 92.5 cm³/mol. The molecule has 0 spiro atoms. The minimum absolute atomic E-state index is 0.248. The molecular formula is C14H17N7OS. The van der Waals surface area contributed by atoms with Crippen LogP contribution in [0, 0.1) is 11.3 Å². The van der Waals surface area contributed by atoms with Gasteiger partial charge in [-0.05, 0) is 5.41 Å². The number of hydrogen-bond donors (Lipinski definition) is 4. The van der Waals surface area contributed by atoms with Gasteiger partial charge in [0.05, 0.1) is 17.0 Å². The van der Waals surface area contributed by atoms with Gasteiger partial charge in [0.2, 0.25) is 0 Å². The molecule has 0 aliphatic heterocycles. The van der Waals surface area contributed by atoms with Gasteiger partial charge in [-0.25, -0.2) is 10.6 Å². The Balaban J connectivity index is 3.11. The molecule has 0 heterocycles. The normalized spacial score (nSPS) is 12.5. The molecule has 0 saturated carbocycles. The summed E-state index contributed by atoms with van der Waals surface area (Å²) in [5.41, 5.74) is 3.54. The standard InChI is InChI=1S/C14H17N7OS/c1-18-14(22)19-13(10-5-3-2-4-6-10)11(7-15)8-23-9-12(20-16)21-17/h2-6,8H,9,16-17H2,1H3,(H,18,22)(H,20,21)/b11-8+,19-13-. The summed E-state index contributed by atoms with van der Waals surface area (Å²) in [4.78, 5) is 15.5. The maximum absolute atomic E-state index is 11.6. The third-order valence-corrected chi connectivity index (χ3v) is 3.44. The van der Waals surface area contributed by atoms with E-state index in [9.17, 15) is 10.1 Å². The van der Waals surface area contributed by atoms with E-state index in [1.165, 1.54) is 18.8 Å². The van der Waals surface area contributed by atoms with E-state index >= 15 is 0 Å². The molecule has 2 amide bonds. The predicted octanol–water partition coefficient (Wildman–Crippen LogP) is 0.691. The minimum Gasteiger partial charge on any atom is -0.339 e. The second kappa shape index (κ2) is 9.99. The second-order valence-corrected chi connectivity index (χ2v) is 4.91. The zero-order valence-electron chi connectivity index (χ0n) is 12.5. The average molecular weight is 331 g/mol. The summed E-state index contributed by atoms with van der Waals surface area (Å²) < 4.78 is 0. The fourth-order valence-corrected chi connectivity index (χ4v) is 2.22. The van der Waals surface area contributed by atoms with Gasteiger partial charge in [0.25, 0.3) is 0 Å². The summed E-state index contributed by atoms with van der Waals surface area (Å²) in [6.45, 7) is 0. The van der Waals surface area contributed by atoms with Crippen molar-refractivity contribution in [1.82, 2.24) is 10.7 Å². The van der Waals surface area contributed by atoms with Crippen LogP contribution in [-0.2, 0) is 0 Å². The number of aliphatic imine (C=N–C) groups is 1. The molecule has 0 unspecified atom stereocenters. The smallest absolute Gasteiger partial charge is 0.339 e. The number of hydrogen-bond acceptors (Lipinski definition) is 6. The molecule has 0 saturated heterocycles. The number of allylic oxidation sites excluding steroid dienone is 1. The number of carbonyl (C=O) groups is 1. The van der Waals surface area contributed by atoms with E-state index in [2.05, 4.69) is 20.8 Å². The number of nitrogens with one attached hydrogen (secondary N) is 2. The van der Waals surface area contributed by atoms with Crippen molar-refractivity contribution in [1.29, 1.82) is 5.26 Å². The molecule has 6 N–H and O–H groups in total. The molecule has 120 valence electrons. The molecule has 0 radical (unpaired) electrons. The lowest BCUT2D eigenvalue weighted by atomic mass is 10.0. The number of nitriles is 1. The number of urea groups is 1. The molecule has 23 heavy (non-hydrogen) atoms. The third-order valence-electron chi connectivity index (χ3n) is 2.59. The van der Waals surface area contributed by atoms with Gasteiger partial charge in [-0.1, -0.05) is 30.3 Å².